The van der Waals surface area contributed by atoms with Crippen molar-refractivity contribution in [3.63, 3.8) is 0 Å². The summed E-state index contributed by atoms with van der Waals surface area (Å²) in [6.07, 6.45) is -1.71. The van der Waals surface area contributed by atoms with Crippen LogP contribution in [0.2, 0.25) is 0 Å². The second-order valence-electron chi connectivity index (χ2n) is 10.9. The van der Waals surface area contributed by atoms with Crippen LogP contribution in [0.5, 0.6) is 5.75 Å². The molecule has 0 aliphatic heterocycles. The van der Waals surface area contributed by atoms with Gasteiger partial charge in [0.2, 0.25) is 5.91 Å². The van der Waals surface area contributed by atoms with E-state index in [9.17, 15) is 44.1 Å². The average Bonchev–Trinajstić information content (AvgIpc) is 2.87. The molecule has 1 aromatic carbocycles. The fraction of sp³-hybridized carbons (Fsp3) is 0.556. The molecule has 1 aromatic rings. The van der Waals surface area contributed by atoms with Crippen molar-refractivity contribution in [1.82, 2.24) is 4.90 Å². The number of carbonyl (C=O) groups excluding carboxylic acids is 6. The quantitative estimate of drug-likeness (QED) is 0.157. The van der Waals surface area contributed by atoms with Crippen LogP contribution in [0.1, 0.15) is 42.6 Å². The van der Waals surface area contributed by atoms with Crippen LogP contribution < -0.4 is 11.1 Å². The Morgan fingerprint density at radius 2 is 1.80 bits per heavy atom. The number of nitrogens with one attached hydrogen (secondary N) is 1. The van der Waals surface area contributed by atoms with E-state index in [2.05, 4.69) is 5.32 Å². The zero-order valence-corrected chi connectivity index (χ0v) is 22.7. The summed E-state index contributed by atoms with van der Waals surface area (Å²) < 4.78 is 4.95. The van der Waals surface area contributed by atoms with E-state index in [-0.39, 0.29) is 17.9 Å². The number of nitrogens with two attached hydrogens (primary N) is 1. The maximum absolute atomic E-state index is 14.0. The van der Waals surface area contributed by atoms with Crippen LogP contribution in [0.15, 0.2) is 12.1 Å². The maximum atomic E-state index is 14.0. The Balaban J connectivity index is 1.85. The number of phenols is 1. The van der Waals surface area contributed by atoms with Crippen molar-refractivity contribution in [2.75, 3.05) is 26.0 Å². The molecule has 0 radical (unpaired) electrons. The van der Waals surface area contributed by atoms with Crippen molar-refractivity contribution in [2.45, 2.75) is 50.5 Å². The number of fused-ring (bicyclic) bond motifs is 3. The first-order chi connectivity index (χ1) is 18.6. The molecule has 9 atom stereocenters. The monoisotopic (exact) mass is 559 g/mol. The fourth-order valence-corrected chi connectivity index (χ4v) is 6.67. The number of rotatable bonds is 6. The van der Waals surface area contributed by atoms with Crippen LogP contribution in [0.4, 0.5) is 5.69 Å². The molecule has 3 aliphatic carbocycles. The number of ketones is 4. The molecule has 0 saturated heterocycles. The number of phenolic OH excluding ortho intramolecular Hbond substituents is 1. The normalized spacial score (nSPS) is 34.0. The average molecular weight is 560 g/mol. The van der Waals surface area contributed by atoms with Crippen LogP contribution in [0, 0.1) is 23.7 Å². The molecule has 0 heterocycles. The molecular formula is C27H33N3O10. The molecule has 13 heteroatoms. The predicted molar refractivity (Wildman–Crippen MR) is 137 cm³/mol. The number of aromatic hydroxyl groups is 1. The van der Waals surface area contributed by atoms with Gasteiger partial charge in [0.1, 0.15) is 11.8 Å². The molecule has 1 amide bonds. The summed E-state index contributed by atoms with van der Waals surface area (Å²) in [4.78, 5) is 79.9. The van der Waals surface area contributed by atoms with Gasteiger partial charge in [0, 0.05) is 5.92 Å². The van der Waals surface area contributed by atoms with Crippen LogP contribution in [-0.4, -0.2) is 99.7 Å². The maximum Gasteiger partial charge on any atom is 0.328 e. The number of likely N-dealkylation sites (N-methyl/N-ethyl adjacent to an activating group) is 1. The second-order valence-corrected chi connectivity index (χ2v) is 10.9. The zero-order valence-electron chi connectivity index (χ0n) is 22.7. The first kappa shape index (κ1) is 29.3. The number of ether oxygens (including phenoxy) is 1. The van der Waals surface area contributed by atoms with Gasteiger partial charge in [0.05, 0.1) is 41.8 Å². The first-order valence-corrected chi connectivity index (χ1v) is 12.9. The minimum atomic E-state index is -3.07. The summed E-state index contributed by atoms with van der Waals surface area (Å²) in [6.45, 7) is 4.86. The van der Waals surface area contributed by atoms with Gasteiger partial charge in [-0.2, -0.15) is 0 Å². The van der Waals surface area contributed by atoms with Crippen molar-refractivity contribution >= 4 is 40.7 Å². The van der Waals surface area contributed by atoms with Gasteiger partial charge in [-0.25, -0.2) is 4.79 Å². The number of hydrogen-bond donors (Lipinski definition) is 5. The third-order valence-corrected chi connectivity index (χ3v) is 8.50. The molecule has 40 heavy (non-hydrogen) atoms. The number of benzene rings is 1. The number of amides is 1. The largest absolute Gasteiger partial charge is 0.505 e. The minimum absolute atomic E-state index is 0.000461. The highest BCUT2D eigenvalue weighted by molar-refractivity contribution is 6.32. The van der Waals surface area contributed by atoms with Crippen LogP contribution in [-0.2, 0) is 28.7 Å². The van der Waals surface area contributed by atoms with Gasteiger partial charge in [0.15, 0.2) is 34.7 Å². The summed E-state index contributed by atoms with van der Waals surface area (Å²) in [7, 11) is 2.85. The Kier molecular flexibility index (Phi) is 7.37. The van der Waals surface area contributed by atoms with Crippen LogP contribution >= 0.6 is 0 Å². The molecule has 3 aliphatic rings. The highest BCUT2D eigenvalue weighted by Gasteiger charge is 2.72. The van der Waals surface area contributed by atoms with Gasteiger partial charge >= 0.3 is 5.97 Å². The molecule has 2 saturated carbocycles. The lowest BCUT2D eigenvalue weighted by Gasteiger charge is -2.56. The van der Waals surface area contributed by atoms with Gasteiger partial charge in [-0.1, -0.05) is 13.0 Å². The third kappa shape index (κ3) is 3.94. The molecule has 216 valence electrons. The summed E-state index contributed by atoms with van der Waals surface area (Å²) in [5.41, 5.74) is 2.26. The number of hydrogen-bond acceptors (Lipinski definition) is 12. The fourth-order valence-electron chi connectivity index (χ4n) is 6.67. The summed E-state index contributed by atoms with van der Waals surface area (Å²) in [5.74, 6) is -14.7. The highest BCUT2D eigenvalue weighted by atomic mass is 16.5. The van der Waals surface area contributed by atoms with Gasteiger partial charge in [-0.15, -0.1) is 0 Å². The SMILES string of the molecule is CCOC(=O)C(C)Nc1ccc2c(c1O)C(=O)C1C(=O)C3(O)C(=O)C(C(N)=O)C(=O)C(N(C)C)C3C(O)C1C2C. The van der Waals surface area contributed by atoms with Gasteiger partial charge in [-0.3, -0.25) is 28.9 Å². The Bertz CT molecular complexity index is 1330. The van der Waals surface area contributed by atoms with E-state index < -0.39 is 94.1 Å². The molecule has 2 fully saturated rings. The summed E-state index contributed by atoms with van der Waals surface area (Å²) >= 11 is 0. The number of primary amides is 1. The topological polar surface area (TPSA) is 214 Å². The lowest BCUT2D eigenvalue weighted by molar-refractivity contribution is -0.196. The number of anilines is 1. The predicted octanol–water partition coefficient (Wildman–Crippen LogP) is -1.24. The lowest BCUT2D eigenvalue weighted by Crippen LogP contribution is -2.77. The van der Waals surface area contributed by atoms with E-state index in [1.807, 2.05) is 0 Å². The molecule has 0 aromatic heterocycles. The van der Waals surface area contributed by atoms with Crippen molar-refractivity contribution in [3.05, 3.63) is 23.3 Å². The van der Waals surface area contributed by atoms with Crippen molar-refractivity contribution in [1.29, 1.82) is 0 Å². The zero-order chi connectivity index (χ0) is 30.0. The van der Waals surface area contributed by atoms with Crippen molar-refractivity contribution < 1.29 is 48.8 Å². The van der Waals surface area contributed by atoms with Gasteiger partial charge in [0.25, 0.3) is 0 Å². The van der Waals surface area contributed by atoms with Crippen molar-refractivity contribution in [3.8, 4) is 5.75 Å². The number of esters is 1. The molecule has 9 unspecified atom stereocenters. The molecule has 0 spiro atoms. The standard InChI is InChI=1S/C27H33N3O10/c1-6-40-26(38)10(3)29-12-8-7-11-9(2)13-15(20(32)14(11)19(12)31)23(35)27(39)17(21(13)33)18(30(4)5)22(34)16(24(27)36)25(28)37/h7-10,13,15-18,21,29,31,33,39H,6H2,1-5H3,(H2,28,37). The third-order valence-electron chi connectivity index (χ3n) is 8.50. The minimum Gasteiger partial charge on any atom is -0.505 e. The van der Waals surface area contributed by atoms with Gasteiger partial charge in [-0.05, 0) is 45.5 Å². The van der Waals surface area contributed by atoms with E-state index >= 15 is 0 Å². The lowest BCUT2D eigenvalue weighted by atomic mass is 9.49. The summed E-state index contributed by atoms with van der Waals surface area (Å²) in [5, 5.41) is 37.1. The molecular weight excluding hydrogens is 526 g/mol. The Labute approximate surface area is 229 Å². The Morgan fingerprint density at radius 3 is 2.35 bits per heavy atom. The summed E-state index contributed by atoms with van der Waals surface area (Å²) in [6, 6.07) is 0.608. The smallest absolute Gasteiger partial charge is 0.328 e. The number of aliphatic hydroxyl groups is 2. The second kappa shape index (κ2) is 10.1. The number of Topliss-reactive ketones (excluding diaryl/α,β-unsaturated/α-hetero) is 4. The van der Waals surface area contributed by atoms with E-state index in [1.54, 1.807) is 13.8 Å². The number of aliphatic hydroxyl groups excluding tert-OH is 1. The molecule has 4 rings (SSSR count). The van der Waals surface area contributed by atoms with Crippen molar-refractivity contribution in [2.24, 2.45) is 29.4 Å². The molecule has 0 bridgehead atoms. The van der Waals surface area contributed by atoms with Crippen LogP contribution in [0.25, 0.3) is 0 Å². The molecule has 6 N–H and O–H groups in total. The van der Waals surface area contributed by atoms with E-state index in [0.717, 1.165) is 0 Å². The molecule has 13 nitrogen and oxygen atoms in total. The van der Waals surface area contributed by atoms with Crippen LogP contribution in [0.3, 0.4) is 0 Å². The first-order valence-electron chi connectivity index (χ1n) is 12.9. The van der Waals surface area contributed by atoms with Gasteiger partial charge < -0.3 is 31.1 Å². The van der Waals surface area contributed by atoms with E-state index in [0.29, 0.717) is 5.56 Å². The number of carbonyl (C=O) groups is 6. The Hall–Kier alpha value is -3.68. The number of nitrogens with zero attached hydrogens (tertiary/aromatic N) is 1. The Morgan fingerprint density at radius 1 is 1.18 bits per heavy atom. The van der Waals surface area contributed by atoms with E-state index in [1.165, 1.54) is 38.1 Å². The highest BCUT2D eigenvalue weighted by Crippen LogP contribution is 2.55. The van der Waals surface area contributed by atoms with E-state index in [4.69, 9.17) is 10.5 Å².